The van der Waals surface area contributed by atoms with Crippen molar-refractivity contribution in [1.82, 2.24) is 19.8 Å². The Balaban J connectivity index is 1.78. The molecule has 9 heteroatoms. The van der Waals surface area contributed by atoms with Gasteiger partial charge < -0.3 is 10.7 Å². The quantitative estimate of drug-likeness (QED) is 0.646. The van der Waals surface area contributed by atoms with Crippen molar-refractivity contribution >= 4 is 40.9 Å². The molecule has 1 aromatic carbocycles. The minimum absolute atomic E-state index is 0.103. The molecule has 0 unspecified atom stereocenters. The maximum atomic E-state index is 12.4. The van der Waals surface area contributed by atoms with E-state index >= 15 is 0 Å². The molecule has 0 bridgehead atoms. The third kappa shape index (κ3) is 3.48. The lowest BCUT2D eigenvalue weighted by Gasteiger charge is -2.19. The van der Waals surface area contributed by atoms with Crippen molar-refractivity contribution in [2.45, 2.75) is 30.2 Å². The summed E-state index contributed by atoms with van der Waals surface area (Å²) in [7, 11) is 0. The average molecular weight is 386 g/mol. The standard InChI is InChI=1S/C15H17Cl2N5OS/c1-9(14(23)21-6-2-3-7-21)24-15-20-19-13(22(15)18)11-5-4-10(16)8-12(11)17/h4-5,8-9H,2-3,6-7,18H2,1H3/t9-/m1/s1. The molecule has 1 aliphatic rings. The van der Waals surface area contributed by atoms with Crippen LogP contribution in [0.1, 0.15) is 19.8 Å². The van der Waals surface area contributed by atoms with Gasteiger partial charge in [0, 0.05) is 23.7 Å². The van der Waals surface area contributed by atoms with Crippen LogP contribution >= 0.6 is 35.0 Å². The second-order valence-electron chi connectivity index (χ2n) is 5.59. The van der Waals surface area contributed by atoms with Gasteiger partial charge in [-0.05, 0) is 38.0 Å². The number of nitrogens with zero attached hydrogens (tertiary/aromatic N) is 4. The molecule has 1 aromatic heterocycles. The van der Waals surface area contributed by atoms with E-state index in [1.165, 1.54) is 16.4 Å². The van der Waals surface area contributed by atoms with Crippen molar-refractivity contribution in [1.29, 1.82) is 0 Å². The molecule has 2 N–H and O–H groups in total. The first-order chi connectivity index (χ1) is 11.5. The molecule has 6 nitrogen and oxygen atoms in total. The van der Waals surface area contributed by atoms with Gasteiger partial charge in [0.1, 0.15) is 0 Å². The second-order valence-corrected chi connectivity index (χ2v) is 7.74. The van der Waals surface area contributed by atoms with E-state index in [4.69, 9.17) is 29.0 Å². The van der Waals surface area contributed by atoms with Crippen LogP contribution in [0.25, 0.3) is 11.4 Å². The van der Waals surface area contributed by atoms with Crippen molar-refractivity contribution in [3.63, 3.8) is 0 Å². The van der Waals surface area contributed by atoms with E-state index in [1.807, 2.05) is 11.8 Å². The van der Waals surface area contributed by atoms with E-state index in [-0.39, 0.29) is 11.2 Å². The largest absolute Gasteiger partial charge is 0.342 e. The average Bonchev–Trinajstić information content (AvgIpc) is 3.18. The van der Waals surface area contributed by atoms with Crippen molar-refractivity contribution in [3.8, 4) is 11.4 Å². The summed E-state index contributed by atoms with van der Waals surface area (Å²) in [6.07, 6.45) is 2.13. The molecule has 0 spiro atoms. The lowest BCUT2D eigenvalue weighted by atomic mass is 10.2. The van der Waals surface area contributed by atoms with Crippen molar-refractivity contribution in [3.05, 3.63) is 28.2 Å². The smallest absolute Gasteiger partial charge is 0.235 e. The summed E-state index contributed by atoms with van der Waals surface area (Å²) >= 11 is 13.4. The van der Waals surface area contributed by atoms with Crippen molar-refractivity contribution < 1.29 is 4.79 Å². The Kier molecular flexibility index (Phi) is 5.22. The summed E-state index contributed by atoms with van der Waals surface area (Å²) in [6.45, 7) is 3.50. The van der Waals surface area contributed by atoms with Crippen molar-refractivity contribution in [2.75, 3.05) is 18.9 Å². The Hall–Kier alpha value is -1.44. The van der Waals surface area contributed by atoms with Crippen LogP contribution in [0.5, 0.6) is 0 Å². The predicted molar refractivity (Wildman–Crippen MR) is 96.8 cm³/mol. The highest BCUT2D eigenvalue weighted by Crippen LogP contribution is 2.31. The fraction of sp³-hybridized carbons (Fsp3) is 0.400. The van der Waals surface area contributed by atoms with Crippen LogP contribution in [0.4, 0.5) is 0 Å². The Labute approximate surface area is 154 Å². The number of thioether (sulfide) groups is 1. The number of carbonyl (C=O) groups is 1. The lowest BCUT2D eigenvalue weighted by molar-refractivity contribution is -0.129. The van der Waals surface area contributed by atoms with Crippen LogP contribution in [0, 0.1) is 0 Å². The SMILES string of the molecule is C[C@@H](Sc1nnc(-c2ccc(Cl)cc2Cl)n1N)C(=O)N1CCCC1. The van der Waals surface area contributed by atoms with Crippen molar-refractivity contribution in [2.24, 2.45) is 0 Å². The fourth-order valence-electron chi connectivity index (χ4n) is 2.62. The van der Waals surface area contributed by atoms with Crippen LogP contribution < -0.4 is 5.84 Å². The second kappa shape index (κ2) is 7.21. The first kappa shape index (κ1) is 17.4. The van der Waals surface area contributed by atoms with E-state index in [1.54, 1.807) is 18.2 Å². The normalized spacial score (nSPS) is 15.7. The zero-order valence-electron chi connectivity index (χ0n) is 13.1. The van der Waals surface area contributed by atoms with Crippen LogP contribution in [-0.2, 0) is 4.79 Å². The fourth-order valence-corrected chi connectivity index (χ4v) is 3.96. The number of hydrogen-bond donors (Lipinski definition) is 1. The van der Waals surface area contributed by atoms with Gasteiger partial charge in [0.15, 0.2) is 5.82 Å². The molecule has 1 amide bonds. The lowest BCUT2D eigenvalue weighted by Crippen LogP contribution is -2.34. The molecule has 0 radical (unpaired) electrons. The summed E-state index contributed by atoms with van der Waals surface area (Å²) in [5.74, 6) is 6.63. The van der Waals surface area contributed by atoms with Crippen LogP contribution in [0.2, 0.25) is 10.0 Å². The Morgan fingerprint density at radius 2 is 2.00 bits per heavy atom. The molecule has 2 heterocycles. The Morgan fingerprint density at radius 1 is 1.29 bits per heavy atom. The van der Waals surface area contributed by atoms with E-state index in [2.05, 4.69) is 10.2 Å². The maximum absolute atomic E-state index is 12.4. The molecular weight excluding hydrogens is 369 g/mol. The van der Waals surface area contributed by atoms with Crippen LogP contribution in [-0.4, -0.2) is 44.0 Å². The minimum atomic E-state index is -0.275. The highest BCUT2D eigenvalue weighted by molar-refractivity contribution is 8.00. The number of nitrogen functional groups attached to an aromatic ring is 1. The molecule has 1 atom stereocenters. The topological polar surface area (TPSA) is 77.0 Å². The van der Waals surface area contributed by atoms with Gasteiger partial charge in [-0.15, -0.1) is 10.2 Å². The van der Waals surface area contributed by atoms with Gasteiger partial charge in [-0.3, -0.25) is 4.79 Å². The van der Waals surface area contributed by atoms with E-state index in [0.29, 0.717) is 26.6 Å². The van der Waals surface area contributed by atoms with Crippen LogP contribution in [0.15, 0.2) is 23.4 Å². The molecule has 1 aliphatic heterocycles. The first-order valence-corrected chi connectivity index (χ1v) is 9.22. The van der Waals surface area contributed by atoms with Gasteiger partial charge >= 0.3 is 0 Å². The molecule has 2 aromatic rings. The van der Waals surface area contributed by atoms with E-state index in [9.17, 15) is 4.79 Å². The molecule has 3 rings (SSSR count). The first-order valence-electron chi connectivity index (χ1n) is 7.58. The highest BCUT2D eigenvalue weighted by atomic mass is 35.5. The monoisotopic (exact) mass is 385 g/mol. The Bertz CT molecular complexity index is 760. The van der Waals surface area contributed by atoms with Gasteiger partial charge in [-0.1, -0.05) is 35.0 Å². The van der Waals surface area contributed by atoms with Gasteiger partial charge in [0.25, 0.3) is 0 Å². The third-order valence-electron chi connectivity index (χ3n) is 3.88. The molecule has 1 fully saturated rings. The van der Waals surface area contributed by atoms with E-state index in [0.717, 1.165) is 25.9 Å². The third-order valence-corrected chi connectivity index (χ3v) is 5.48. The summed E-state index contributed by atoms with van der Waals surface area (Å²) < 4.78 is 1.35. The van der Waals surface area contributed by atoms with Gasteiger partial charge in [0.2, 0.25) is 11.1 Å². The zero-order chi connectivity index (χ0) is 17.3. The number of rotatable bonds is 4. The summed E-state index contributed by atoms with van der Waals surface area (Å²) in [5, 5.41) is 9.37. The van der Waals surface area contributed by atoms with Crippen LogP contribution in [0.3, 0.4) is 0 Å². The molecular formula is C15H17Cl2N5OS. The number of carbonyl (C=O) groups excluding carboxylic acids is 1. The Morgan fingerprint density at radius 3 is 2.67 bits per heavy atom. The number of benzene rings is 1. The molecule has 128 valence electrons. The number of nitrogens with two attached hydrogens (primary N) is 1. The summed E-state index contributed by atoms with van der Waals surface area (Å²) in [4.78, 5) is 14.3. The maximum Gasteiger partial charge on any atom is 0.235 e. The van der Waals surface area contributed by atoms with Gasteiger partial charge in [-0.25, -0.2) is 4.68 Å². The summed E-state index contributed by atoms with van der Waals surface area (Å²) in [6, 6.07) is 5.08. The van der Waals surface area contributed by atoms with Gasteiger partial charge in [-0.2, -0.15) is 0 Å². The minimum Gasteiger partial charge on any atom is -0.342 e. The molecule has 24 heavy (non-hydrogen) atoms. The molecule has 0 saturated carbocycles. The molecule has 1 saturated heterocycles. The number of likely N-dealkylation sites (tertiary alicyclic amines) is 1. The number of hydrogen-bond acceptors (Lipinski definition) is 5. The predicted octanol–water partition coefficient (Wildman–Crippen LogP) is 3.07. The zero-order valence-corrected chi connectivity index (χ0v) is 15.4. The summed E-state index contributed by atoms with van der Waals surface area (Å²) in [5.41, 5.74) is 0.640. The number of amides is 1. The highest BCUT2D eigenvalue weighted by Gasteiger charge is 2.26. The number of aromatic nitrogens is 3. The molecule has 0 aliphatic carbocycles. The van der Waals surface area contributed by atoms with Gasteiger partial charge in [0.05, 0.1) is 10.3 Å². The van der Waals surface area contributed by atoms with E-state index < -0.39 is 0 Å². The number of halogens is 2.